The highest BCUT2D eigenvalue weighted by Crippen LogP contribution is 2.37. The van der Waals surface area contributed by atoms with Crippen LogP contribution in [0.4, 0.5) is 11.4 Å². The Morgan fingerprint density at radius 1 is 0.814 bits per heavy atom. The highest BCUT2D eigenvalue weighted by molar-refractivity contribution is 7.90. The number of benzene rings is 4. The van der Waals surface area contributed by atoms with Gasteiger partial charge in [0.25, 0.3) is 21.5 Å². The molecule has 0 fully saturated rings. The van der Waals surface area contributed by atoms with E-state index < -0.39 is 15.8 Å². The summed E-state index contributed by atoms with van der Waals surface area (Å²) in [5.41, 5.74) is 2.57. The van der Waals surface area contributed by atoms with Crippen LogP contribution in [0.1, 0.15) is 32.0 Å². The standard InChI is InChI=1S/C32H23N5O5S/c1-18-29(32(40)37(36(18)2)19-9-4-3-5-10-19)33-26-17-25(20-11-6-7-12-21(20)30(26)38)35-43(41,42)27-16-15-24-28-22(27)13-8-14-23(28)31(39)34-24/h3-17,33H,1-2H3,(H,34,39). The van der Waals surface area contributed by atoms with Crippen molar-refractivity contribution < 1.29 is 18.0 Å². The van der Waals surface area contributed by atoms with Crippen LogP contribution < -0.4 is 16.2 Å². The highest BCUT2D eigenvalue weighted by atomic mass is 32.2. The molecule has 2 heterocycles. The topological polar surface area (TPSA) is 132 Å². The van der Waals surface area contributed by atoms with Crippen molar-refractivity contribution in [1.82, 2.24) is 9.36 Å². The molecule has 7 rings (SSSR count). The molecule has 0 saturated heterocycles. The lowest BCUT2D eigenvalue weighted by Crippen LogP contribution is -2.25. The SMILES string of the molecule is Cc1c(NC2=CC(=NS(=O)(=O)c3ccc4c5c(cccc35)C(=O)N4)c3ccccc3C2=O)c(=O)n(-c2ccccc2)n1C. The van der Waals surface area contributed by atoms with Crippen molar-refractivity contribution in [1.29, 1.82) is 0 Å². The molecule has 1 amide bonds. The third-order valence-corrected chi connectivity index (χ3v) is 9.13. The number of carbonyl (C=O) groups is 2. The first-order chi connectivity index (χ1) is 20.7. The summed E-state index contributed by atoms with van der Waals surface area (Å²) in [6.07, 6.45) is 1.35. The van der Waals surface area contributed by atoms with Crippen LogP contribution in [-0.4, -0.2) is 35.2 Å². The van der Waals surface area contributed by atoms with Gasteiger partial charge in [-0.1, -0.05) is 54.6 Å². The van der Waals surface area contributed by atoms with Crippen molar-refractivity contribution in [2.24, 2.45) is 11.4 Å². The van der Waals surface area contributed by atoms with Crippen molar-refractivity contribution >= 4 is 49.6 Å². The molecule has 1 aliphatic carbocycles. The lowest BCUT2D eigenvalue weighted by molar-refractivity contribution is 0.102. The van der Waals surface area contributed by atoms with Gasteiger partial charge in [-0.05, 0) is 43.3 Å². The minimum Gasteiger partial charge on any atom is -0.346 e. The zero-order valence-electron chi connectivity index (χ0n) is 23.0. The van der Waals surface area contributed by atoms with Gasteiger partial charge < -0.3 is 10.6 Å². The molecule has 0 saturated carbocycles. The summed E-state index contributed by atoms with van der Waals surface area (Å²) >= 11 is 0. The second-order valence-corrected chi connectivity index (χ2v) is 11.8. The first-order valence-electron chi connectivity index (χ1n) is 13.3. The largest absolute Gasteiger partial charge is 0.346 e. The number of ketones is 1. The number of fused-ring (bicyclic) bond motifs is 1. The summed E-state index contributed by atoms with van der Waals surface area (Å²) in [6.45, 7) is 1.75. The van der Waals surface area contributed by atoms with Gasteiger partial charge in [0, 0.05) is 40.2 Å². The Balaban J connectivity index is 1.36. The zero-order valence-corrected chi connectivity index (χ0v) is 23.8. The van der Waals surface area contributed by atoms with E-state index in [0.29, 0.717) is 39.0 Å². The molecular formula is C32H23N5O5S. The summed E-state index contributed by atoms with van der Waals surface area (Å²) in [7, 11) is -2.59. The number of allylic oxidation sites excluding steroid dienone is 2. The minimum atomic E-state index is -4.33. The predicted octanol–water partition coefficient (Wildman–Crippen LogP) is 4.57. The van der Waals surface area contributed by atoms with E-state index in [9.17, 15) is 22.8 Å². The van der Waals surface area contributed by atoms with Gasteiger partial charge in [0.05, 0.1) is 27.7 Å². The predicted molar refractivity (Wildman–Crippen MR) is 164 cm³/mol. The molecule has 2 N–H and O–H groups in total. The highest BCUT2D eigenvalue weighted by Gasteiger charge is 2.30. The van der Waals surface area contributed by atoms with Gasteiger partial charge in [-0.15, -0.1) is 0 Å². The fourth-order valence-electron chi connectivity index (χ4n) is 5.61. The molecular weight excluding hydrogens is 566 g/mol. The number of amides is 1. The summed E-state index contributed by atoms with van der Waals surface area (Å²) in [4.78, 5) is 39.4. The Morgan fingerprint density at radius 3 is 2.28 bits per heavy atom. The van der Waals surface area contributed by atoms with Crippen LogP contribution in [-0.2, 0) is 17.1 Å². The van der Waals surface area contributed by atoms with E-state index in [1.165, 1.54) is 16.8 Å². The number of nitrogens with one attached hydrogen (secondary N) is 2. The van der Waals surface area contributed by atoms with Crippen molar-refractivity contribution in [3.05, 3.63) is 129 Å². The van der Waals surface area contributed by atoms with Gasteiger partial charge in [0.2, 0.25) is 5.78 Å². The van der Waals surface area contributed by atoms with Crippen LogP contribution in [0.15, 0.2) is 111 Å². The van der Waals surface area contributed by atoms with Crippen molar-refractivity contribution in [2.75, 3.05) is 10.6 Å². The summed E-state index contributed by atoms with van der Waals surface area (Å²) in [5, 5.41) is 6.61. The summed E-state index contributed by atoms with van der Waals surface area (Å²) in [6, 6.07) is 23.5. The van der Waals surface area contributed by atoms with Gasteiger partial charge in [-0.25, -0.2) is 4.68 Å². The average molecular weight is 590 g/mol. The maximum Gasteiger partial charge on any atom is 0.295 e. The Hall–Kier alpha value is -5.55. The molecule has 2 aliphatic rings. The smallest absolute Gasteiger partial charge is 0.295 e. The van der Waals surface area contributed by atoms with Crippen LogP contribution in [0.25, 0.3) is 16.5 Å². The maximum absolute atomic E-state index is 13.8. The van der Waals surface area contributed by atoms with E-state index in [4.69, 9.17) is 0 Å². The van der Waals surface area contributed by atoms with Crippen LogP contribution >= 0.6 is 0 Å². The van der Waals surface area contributed by atoms with E-state index >= 15 is 0 Å². The Bertz CT molecular complexity index is 2280. The number of hydrogen-bond donors (Lipinski definition) is 2. The fourth-order valence-corrected chi connectivity index (χ4v) is 6.81. The molecule has 0 radical (unpaired) electrons. The van der Waals surface area contributed by atoms with Crippen molar-refractivity contribution in [3.63, 3.8) is 0 Å². The van der Waals surface area contributed by atoms with Gasteiger partial charge >= 0.3 is 0 Å². The molecule has 0 unspecified atom stereocenters. The number of rotatable bonds is 5. The molecule has 212 valence electrons. The molecule has 0 bridgehead atoms. The van der Waals surface area contributed by atoms with E-state index in [0.717, 1.165) is 0 Å². The normalized spacial score (nSPS) is 15.0. The quantitative estimate of drug-likeness (QED) is 0.309. The Kier molecular flexibility index (Phi) is 5.82. The molecule has 43 heavy (non-hydrogen) atoms. The second-order valence-electron chi connectivity index (χ2n) is 10.2. The first kappa shape index (κ1) is 26.4. The number of para-hydroxylation sites is 1. The average Bonchev–Trinajstić information content (AvgIpc) is 3.44. The van der Waals surface area contributed by atoms with E-state index in [-0.39, 0.29) is 39.0 Å². The molecule has 1 aromatic heterocycles. The summed E-state index contributed by atoms with van der Waals surface area (Å²) in [5.74, 6) is -0.710. The monoisotopic (exact) mass is 589 g/mol. The van der Waals surface area contributed by atoms with Crippen LogP contribution in [0.2, 0.25) is 0 Å². The van der Waals surface area contributed by atoms with E-state index in [2.05, 4.69) is 15.0 Å². The summed E-state index contributed by atoms with van der Waals surface area (Å²) < 4.78 is 35.0. The molecule has 0 atom stereocenters. The second kappa shape index (κ2) is 9.50. The van der Waals surface area contributed by atoms with Crippen LogP contribution in [0.5, 0.6) is 0 Å². The van der Waals surface area contributed by atoms with Crippen LogP contribution in [0, 0.1) is 6.92 Å². The molecule has 4 aromatic carbocycles. The number of nitrogens with zero attached hydrogens (tertiary/aromatic N) is 3. The maximum atomic E-state index is 13.8. The Morgan fingerprint density at radius 2 is 1.51 bits per heavy atom. The zero-order chi connectivity index (χ0) is 30.0. The number of carbonyl (C=O) groups excluding carboxylic acids is 2. The molecule has 5 aromatic rings. The van der Waals surface area contributed by atoms with Gasteiger partial charge in [-0.2, -0.15) is 12.8 Å². The van der Waals surface area contributed by atoms with Crippen molar-refractivity contribution in [3.8, 4) is 5.69 Å². The molecule has 10 nitrogen and oxygen atoms in total. The van der Waals surface area contributed by atoms with Crippen LogP contribution in [0.3, 0.4) is 0 Å². The molecule has 1 aliphatic heterocycles. The number of hydrogen-bond acceptors (Lipinski definition) is 6. The minimum absolute atomic E-state index is 0.00821. The number of Topliss-reactive ketones (excluding diaryl/α,β-unsaturated/α-hetero) is 1. The van der Waals surface area contributed by atoms with Crippen molar-refractivity contribution in [2.45, 2.75) is 11.8 Å². The molecule has 0 spiro atoms. The number of anilines is 2. The van der Waals surface area contributed by atoms with E-state index in [1.807, 2.05) is 18.2 Å². The van der Waals surface area contributed by atoms with E-state index in [1.54, 1.807) is 79.3 Å². The third-order valence-electron chi connectivity index (χ3n) is 7.78. The lowest BCUT2D eigenvalue weighted by atomic mass is 9.92. The first-order valence-corrected chi connectivity index (χ1v) is 14.8. The van der Waals surface area contributed by atoms with Gasteiger partial charge in [0.1, 0.15) is 5.69 Å². The van der Waals surface area contributed by atoms with Gasteiger partial charge in [-0.3, -0.25) is 19.1 Å². The Labute approximate surface area is 245 Å². The lowest BCUT2D eigenvalue weighted by Gasteiger charge is -2.18. The number of aromatic nitrogens is 2. The number of sulfonamides is 1. The third kappa shape index (κ3) is 4.04. The molecule has 11 heteroatoms. The fraction of sp³-hybridized carbons (Fsp3) is 0.0625. The van der Waals surface area contributed by atoms with Gasteiger partial charge in [0.15, 0.2) is 0 Å².